The second-order valence-electron chi connectivity index (χ2n) is 7.93. The summed E-state index contributed by atoms with van der Waals surface area (Å²) in [6, 6.07) is 20.6. The van der Waals surface area contributed by atoms with Gasteiger partial charge in [-0.15, -0.1) is 0 Å². The number of imidazole rings is 1. The van der Waals surface area contributed by atoms with Crippen LogP contribution >= 0.6 is 0 Å². The lowest BCUT2D eigenvalue weighted by Gasteiger charge is -2.07. The Morgan fingerprint density at radius 2 is 1.29 bits per heavy atom. The minimum Gasteiger partial charge on any atom is -0.456 e. The van der Waals surface area contributed by atoms with Crippen molar-refractivity contribution < 1.29 is 8.83 Å². The number of hydrogen-bond acceptors (Lipinski definition) is 4. The largest absolute Gasteiger partial charge is 0.456 e. The highest BCUT2D eigenvalue weighted by Crippen LogP contribution is 2.39. The van der Waals surface area contributed by atoms with Crippen LogP contribution in [0.25, 0.3) is 71.3 Å². The Hall–Kier alpha value is -4.38. The van der Waals surface area contributed by atoms with Crippen LogP contribution in [0.15, 0.2) is 88.1 Å². The number of hydrogen-bond donors (Lipinski definition) is 0. The molecule has 5 aromatic heterocycles. The molecule has 0 atom stereocenters. The lowest BCUT2D eigenvalue weighted by molar-refractivity contribution is 0.664. The van der Waals surface area contributed by atoms with Crippen LogP contribution in [-0.4, -0.2) is 14.4 Å². The zero-order valence-electron chi connectivity index (χ0n) is 16.2. The standard InChI is InChI=1S/C26H13N3O2/c1-2-6-21-14(4-1)17-11-23-18(12-22(17)30-21)16-10-20-19(13-24(16)31-23)25-15(5-3-7-27-25)26-28-8-9-29(20)26/h1-13H. The van der Waals surface area contributed by atoms with Gasteiger partial charge in [-0.25, -0.2) is 4.98 Å². The Morgan fingerprint density at radius 1 is 0.581 bits per heavy atom. The van der Waals surface area contributed by atoms with Crippen molar-refractivity contribution in [2.24, 2.45) is 0 Å². The molecular weight excluding hydrogens is 386 g/mol. The molecule has 0 saturated heterocycles. The first-order valence-electron chi connectivity index (χ1n) is 10.2. The molecule has 0 aliphatic carbocycles. The molecular formula is C26H13N3O2. The van der Waals surface area contributed by atoms with Crippen molar-refractivity contribution in [2.45, 2.75) is 0 Å². The fourth-order valence-corrected chi connectivity index (χ4v) is 4.91. The zero-order valence-corrected chi connectivity index (χ0v) is 16.2. The second kappa shape index (κ2) is 5.21. The molecule has 31 heavy (non-hydrogen) atoms. The first kappa shape index (κ1) is 15.5. The van der Waals surface area contributed by atoms with E-state index in [4.69, 9.17) is 8.83 Å². The maximum Gasteiger partial charge on any atom is 0.146 e. The van der Waals surface area contributed by atoms with Gasteiger partial charge in [0, 0.05) is 50.9 Å². The molecule has 0 amide bonds. The van der Waals surface area contributed by atoms with Crippen molar-refractivity contribution >= 4 is 71.3 Å². The van der Waals surface area contributed by atoms with Crippen LogP contribution in [0.5, 0.6) is 0 Å². The summed E-state index contributed by atoms with van der Waals surface area (Å²) in [4.78, 5) is 9.24. The predicted octanol–water partition coefficient (Wildman–Crippen LogP) is 6.83. The lowest BCUT2D eigenvalue weighted by Crippen LogP contribution is -1.91. The van der Waals surface area contributed by atoms with Gasteiger partial charge in [0.25, 0.3) is 0 Å². The van der Waals surface area contributed by atoms with Crippen molar-refractivity contribution in [3.05, 3.63) is 79.3 Å². The highest BCUT2D eigenvalue weighted by molar-refractivity contribution is 6.19. The molecule has 0 aliphatic heterocycles. The van der Waals surface area contributed by atoms with E-state index >= 15 is 0 Å². The van der Waals surface area contributed by atoms with E-state index in [2.05, 4.69) is 50.8 Å². The maximum absolute atomic E-state index is 6.34. The van der Waals surface area contributed by atoms with Crippen LogP contribution in [0.2, 0.25) is 0 Å². The Kier molecular flexibility index (Phi) is 2.60. The first-order chi connectivity index (χ1) is 15.3. The average Bonchev–Trinajstić information content (AvgIpc) is 3.51. The van der Waals surface area contributed by atoms with Gasteiger partial charge in [-0.2, -0.15) is 0 Å². The lowest BCUT2D eigenvalue weighted by atomic mass is 10.1. The number of benzene rings is 3. The van der Waals surface area contributed by atoms with E-state index in [0.717, 1.165) is 71.3 Å². The Labute approximate surface area is 174 Å². The maximum atomic E-state index is 6.34. The van der Waals surface area contributed by atoms with Crippen LogP contribution in [-0.2, 0) is 0 Å². The van der Waals surface area contributed by atoms with Crippen molar-refractivity contribution in [3.8, 4) is 0 Å². The molecule has 5 heterocycles. The molecule has 0 aliphatic rings. The zero-order chi connectivity index (χ0) is 20.1. The number of para-hydroxylation sites is 1. The summed E-state index contributed by atoms with van der Waals surface area (Å²) in [5.41, 5.74) is 6.33. The topological polar surface area (TPSA) is 56.5 Å². The molecule has 0 saturated carbocycles. The molecule has 0 bridgehead atoms. The highest BCUT2D eigenvalue weighted by atomic mass is 16.3. The Balaban J connectivity index is 1.58. The monoisotopic (exact) mass is 399 g/mol. The summed E-state index contributed by atoms with van der Waals surface area (Å²) in [5.74, 6) is 0. The van der Waals surface area contributed by atoms with E-state index in [9.17, 15) is 0 Å². The van der Waals surface area contributed by atoms with E-state index in [-0.39, 0.29) is 0 Å². The van der Waals surface area contributed by atoms with E-state index in [1.165, 1.54) is 0 Å². The van der Waals surface area contributed by atoms with Gasteiger partial charge in [0.15, 0.2) is 0 Å². The van der Waals surface area contributed by atoms with Gasteiger partial charge in [-0.3, -0.25) is 9.38 Å². The van der Waals surface area contributed by atoms with Gasteiger partial charge in [0.05, 0.1) is 11.0 Å². The first-order valence-corrected chi connectivity index (χ1v) is 10.2. The Morgan fingerprint density at radius 3 is 2.19 bits per heavy atom. The van der Waals surface area contributed by atoms with Crippen molar-refractivity contribution in [1.82, 2.24) is 14.4 Å². The molecule has 8 rings (SSSR count). The summed E-state index contributed by atoms with van der Waals surface area (Å²) in [7, 11) is 0. The third-order valence-corrected chi connectivity index (χ3v) is 6.29. The summed E-state index contributed by atoms with van der Waals surface area (Å²) in [6.07, 6.45) is 5.65. The second-order valence-corrected chi connectivity index (χ2v) is 7.93. The van der Waals surface area contributed by atoms with Gasteiger partial charge in [0.2, 0.25) is 0 Å². The number of rotatable bonds is 0. The van der Waals surface area contributed by atoms with E-state index in [0.29, 0.717) is 0 Å². The number of nitrogens with zero attached hydrogens (tertiary/aromatic N) is 3. The van der Waals surface area contributed by atoms with Gasteiger partial charge < -0.3 is 8.83 Å². The normalized spacial score (nSPS) is 12.5. The predicted molar refractivity (Wildman–Crippen MR) is 123 cm³/mol. The molecule has 0 N–H and O–H groups in total. The van der Waals surface area contributed by atoms with Gasteiger partial charge in [-0.05, 0) is 42.5 Å². The van der Waals surface area contributed by atoms with Gasteiger partial charge in [0.1, 0.15) is 28.0 Å². The molecule has 0 fully saturated rings. The number of aromatic nitrogens is 3. The van der Waals surface area contributed by atoms with Crippen LogP contribution in [0.3, 0.4) is 0 Å². The minimum absolute atomic E-state index is 0.839. The third kappa shape index (κ3) is 1.86. The van der Waals surface area contributed by atoms with E-state index < -0.39 is 0 Å². The summed E-state index contributed by atoms with van der Waals surface area (Å²) in [5, 5.41) is 6.32. The van der Waals surface area contributed by atoms with Crippen LogP contribution in [0.4, 0.5) is 0 Å². The Bertz CT molecular complexity index is 2010. The van der Waals surface area contributed by atoms with Crippen molar-refractivity contribution in [2.75, 3.05) is 0 Å². The van der Waals surface area contributed by atoms with E-state index in [1.807, 2.05) is 42.9 Å². The SMILES string of the molecule is c1ccc2c(c1)oc1cc3c(cc12)oc1cc2c4ncccc4c4nccn4c2cc13. The molecule has 5 nitrogen and oxygen atoms in total. The van der Waals surface area contributed by atoms with Crippen molar-refractivity contribution in [1.29, 1.82) is 0 Å². The summed E-state index contributed by atoms with van der Waals surface area (Å²) < 4.78 is 14.6. The van der Waals surface area contributed by atoms with Crippen LogP contribution < -0.4 is 0 Å². The highest BCUT2D eigenvalue weighted by Gasteiger charge is 2.16. The van der Waals surface area contributed by atoms with E-state index in [1.54, 1.807) is 0 Å². The molecule has 144 valence electrons. The molecule has 8 aromatic rings. The fraction of sp³-hybridized carbons (Fsp3) is 0. The number of fused-ring (bicyclic) bond motifs is 12. The third-order valence-electron chi connectivity index (χ3n) is 6.29. The number of pyridine rings is 2. The molecule has 0 unspecified atom stereocenters. The number of furan rings is 2. The van der Waals surface area contributed by atoms with Crippen molar-refractivity contribution in [3.63, 3.8) is 0 Å². The summed E-state index contributed by atoms with van der Waals surface area (Å²) >= 11 is 0. The molecule has 0 radical (unpaired) electrons. The smallest absolute Gasteiger partial charge is 0.146 e. The van der Waals surface area contributed by atoms with Gasteiger partial charge in [-0.1, -0.05) is 18.2 Å². The quantitative estimate of drug-likeness (QED) is 0.262. The molecule has 0 spiro atoms. The average molecular weight is 399 g/mol. The van der Waals surface area contributed by atoms with Gasteiger partial charge >= 0.3 is 0 Å². The van der Waals surface area contributed by atoms with Crippen LogP contribution in [0.1, 0.15) is 0 Å². The molecule has 5 heteroatoms. The summed E-state index contributed by atoms with van der Waals surface area (Å²) in [6.45, 7) is 0. The minimum atomic E-state index is 0.839. The fourth-order valence-electron chi connectivity index (χ4n) is 4.91. The molecule has 3 aromatic carbocycles. The van der Waals surface area contributed by atoms with Crippen LogP contribution in [0, 0.1) is 0 Å².